The monoisotopic (exact) mass is 260 g/mol. The Morgan fingerprint density at radius 1 is 1.21 bits per heavy atom. The number of ether oxygens (including phenoxy) is 1. The molecule has 4 nitrogen and oxygen atoms in total. The van der Waals surface area contributed by atoms with E-state index in [-0.39, 0.29) is 5.60 Å². The average molecular weight is 260 g/mol. The van der Waals surface area contributed by atoms with Gasteiger partial charge in [0.15, 0.2) is 11.7 Å². The van der Waals surface area contributed by atoms with Gasteiger partial charge in [0, 0.05) is 18.5 Å². The third kappa shape index (κ3) is 3.83. The molecule has 0 spiro atoms. The molecule has 0 aliphatic carbocycles. The molecule has 102 valence electrons. The van der Waals surface area contributed by atoms with Gasteiger partial charge in [-0.05, 0) is 45.0 Å². The second-order valence-corrected chi connectivity index (χ2v) is 5.40. The molecule has 1 aromatic carbocycles. The molecule has 0 unspecified atom stereocenters. The molecule has 4 heteroatoms. The quantitative estimate of drug-likeness (QED) is 0.918. The summed E-state index contributed by atoms with van der Waals surface area (Å²) in [5.41, 5.74) is 6.26. The molecule has 0 aliphatic rings. The third-order valence-electron chi connectivity index (χ3n) is 2.47. The van der Waals surface area contributed by atoms with Gasteiger partial charge < -0.3 is 14.9 Å². The fraction of sp³-hybridized carbons (Fsp3) is 0.400. The summed E-state index contributed by atoms with van der Waals surface area (Å²) < 4.78 is 11.4. The molecule has 0 amide bonds. The maximum Gasteiger partial charge on any atom is 0.196 e. The zero-order valence-electron chi connectivity index (χ0n) is 11.6. The van der Waals surface area contributed by atoms with Gasteiger partial charge in [-0.15, -0.1) is 0 Å². The SMILES string of the molecule is CC(C)(C)Oc1ccc(-c2cnc(CCN)o2)cc1. The minimum Gasteiger partial charge on any atom is -0.488 e. The molecule has 0 fully saturated rings. The lowest BCUT2D eigenvalue weighted by Crippen LogP contribution is -2.22. The Morgan fingerprint density at radius 2 is 1.89 bits per heavy atom. The molecule has 0 saturated heterocycles. The molecule has 0 radical (unpaired) electrons. The van der Waals surface area contributed by atoms with E-state index >= 15 is 0 Å². The number of hydrogen-bond donors (Lipinski definition) is 1. The fourth-order valence-electron chi connectivity index (χ4n) is 1.72. The highest BCUT2D eigenvalue weighted by molar-refractivity contribution is 5.57. The summed E-state index contributed by atoms with van der Waals surface area (Å²) in [5.74, 6) is 2.27. The average Bonchev–Trinajstić information content (AvgIpc) is 2.77. The van der Waals surface area contributed by atoms with E-state index < -0.39 is 0 Å². The van der Waals surface area contributed by atoms with Crippen LogP contribution in [0.4, 0.5) is 0 Å². The number of rotatable bonds is 4. The van der Waals surface area contributed by atoms with Gasteiger partial charge in [-0.1, -0.05) is 0 Å². The molecule has 0 saturated carbocycles. The normalized spacial score (nSPS) is 11.6. The number of nitrogens with two attached hydrogens (primary N) is 1. The maximum atomic E-state index is 5.77. The molecule has 19 heavy (non-hydrogen) atoms. The van der Waals surface area contributed by atoms with Crippen LogP contribution in [0.15, 0.2) is 34.9 Å². The molecule has 0 bridgehead atoms. The van der Waals surface area contributed by atoms with E-state index in [1.54, 1.807) is 6.20 Å². The van der Waals surface area contributed by atoms with Crippen LogP contribution < -0.4 is 10.5 Å². The number of benzene rings is 1. The Hall–Kier alpha value is -1.81. The lowest BCUT2D eigenvalue weighted by molar-refractivity contribution is 0.131. The highest BCUT2D eigenvalue weighted by atomic mass is 16.5. The van der Waals surface area contributed by atoms with E-state index in [1.165, 1.54) is 0 Å². The fourth-order valence-corrected chi connectivity index (χ4v) is 1.72. The van der Waals surface area contributed by atoms with Crippen molar-refractivity contribution in [2.24, 2.45) is 5.73 Å². The second-order valence-electron chi connectivity index (χ2n) is 5.40. The standard InChI is InChI=1S/C15H20N2O2/c1-15(2,3)19-12-6-4-11(5-7-12)13-10-17-14(18-13)8-9-16/h4-7,10H,8-9,16H2,1-3H3. The van der Waals surface area contributed by atoms with Gasteiger partial charge in [-0.25, -0.2) is 4.98 Å². The number of oxazole rings is 1. The molecule has 2 rings (SSSR count). The van der Waals surface area contributed by atoms with Crippen LogP contribution in [-0.4, -0.2) is 17.1 Å². The first kappa shape index (κ1) is 13.6. The third-order valence-corrected chi connectivity index (χ3v) is 2.47. The summed E-state index contributed by atoms with van der Waals surface area (Å²) in [6.45, 7) is 6.61. The van der Waals surface area contributed by atoms with Crippen LogP contribution in [0.2, 0.25) is 0 Å². The van der Waals surface area contributed by atoms with Crippen LogP contribution in [0.25, 0.3) is 11.3 Å². The topological polar surface area (TPSA) is 61.3 Å². The van der Waals surface area contributed by atoms with Crippen LogP contribution in [0, 0.1) is 0 Å². The largest absolute Gasteiger partial charge is 0.488 e. The van der Waals surface area contributed by atoms with Crippen molar-refractivity contribution in [3.05, 3.63) is 36.4 Å². The summed E-state index contributed by atoms with van der Waals surface area (Å²) in [5, 5.41) is 0. The Bertz CT molecular complexity index is 524. The maximum absolute atomic E-state index is 5.77. The van der Waals surface area contributed by atoms with Gasteiger partial charge in [-0.2, -0.15) is 0 Å². The predicted octanol–water partition coefficient (Wildman–Crippen LogP) is 3.02. The van der Waals surface area contributed by atoms with Gasteiger partial charge in [0.1, 0.15) is 11.4 Å². The molecule has 1 heterocycles. The Labute approximate surface area is 113 Å². The van der Waals surface area contributed by atoms with Crippen molar-refractivity contribution in [3.8, 4) is 17.1 Å². The van der Waals surface area contributed by atoms with Gasteiger partial charge >= 0.3 is 0 Å². The van der Waals surface area contributed by atoms with Crippen LogP contribution in [0.1, 0.15) is 26.7 Å². The first-order valence-electron chi connectivity index (χ1n) is 6.42. The number of hydrogen-bond acceptors (Lipinski definition) is 4. The Morgan fingerprint density at radius 3 is 2.47 bits per heavy atom. The van der Waals surface area contributed by atoms with Gasteiger partial charge in [0.2, 0.25) is 0 Å². The minimum atomic E-state index is -0.192. The summed E-state index contributed by atoms with van der Waals surface area (Å²) >= 11 is 0. The molecule has 1 aromatic heterocycles. The molecular weight excluding hydrogens is 240 g/mol. The van der Waals surface area contributed by atoms with Gasteiger partial charge in [0.05, 0.1) is 6.20 Å². The lowest BCUT2D eigenvalue weighted by atomic mass is 10.1. The Kier molecular flexibility index (Phi) is 3.90. The number of aromatic nitrogens is 1. The molecular formula is C15H20N2O2. The minimum absolute atomic E-state index is 0.192. The first-order chi connectivity index (χ1) is 8.98. The summed E-state index contributed by atoms with van der Waals surface area (Å²) in [7, 11) is 0. The van der Waals surface area contributed by atoms with Crippen molar-refractivity contribution in [2.45, 2.75) is 32.8 Å². The lowest BCUT2D eigenvalue weighted by Gasteiger charge is -2.21. The highest BCUT2D eigenvalue weighted by Crippen LogP contribution is 2.25. The summed E-state index contributed by atoms with van der Waals surface area (Å²) in [4.78, 5) is 4.19. The highest BCUT2D eigenvalue weighted by Gasteiger charge is 2.12. The van der Waals surface area contributed by atoms with E-state index in [9.17, 15) is 0 Å². The summed E-state index contributed by atoms with van der Waals surface area (Å²) in [6.07, 6.45) is 2.38. The second kappa shape index (κ2) is 5.45. The van der Waals surface area contributed by atoms with Crippen molar-refractivity contribution in [1.29, 1.82) is 0 Å². The van der Waals surface area contributed by atoms with E-state index in [0.717, 1.165) is 17.1 Å². The van der Waals surface area contributed by atoms with E-state index in [1.807, 2.05) is 45.0 Å². The van der Waals surface area contributed by atoms with E-state index in [2.05, 4.69) is 4.98 Å². The zero-order valence-corrected chi connectivity index (χ0v) is 11.6. The van der Waals surface area contributed by atoms with E-state index in [4.69, 9.17) is 14.9 Å². The van der Waals surface area contributed by atoms with Crippen LogP contribution in [0.5, 0.6) is 5.75 Å². The summed E-state index contributed by atoms with van der Waals surface area (Å²) in [6, 6.07) is 7.80. The number of nitrogens with zero attached hydrogens (tertiary/aromatic N) is 1. The molecule has 2 aromatic rings. The van der Waals surface area contributed by atoms with Crippen molar-refractivity contribution < 1.29 is 9.15 Å². The smallest absolute Gasteiger partial charge is 0.196 e. The van der Waals surface area contributed by atoms with Crippen molar-refractivity contribution in [1.82, 2.24) is 4.98 Å². The van der Waals surface area contributed by atoms with Gasteiger partial charge in [-0.3, -0.25) is 0 Å². The van der Waals surface area contributed by atoms with Crippen molar-refractivity contribution in [2.75, 3.05) is 6.54 Å². The molecule has 2 N–H and O–H groups in total. The van der Waals surface area contributed by atoms with Crippen LogP contribution in [-0.2, 0) is 6.42 Å². The molecule has 0 atom stereocenters. The van der Waals surface area contributed by atoms with Crippen molar-refractivity contribution >= 4 is 0 Å². The van der Waals surface area contributed by atoms with Gasteiger partial charge in [0.25, 0.3) is 0 Å². The van der Waals surface area contributed by atoms with E-state index in [0.29, 0.717) is 18.9 Å². The van der Waals surface area contributed by atoms with Crippen molar-refractivity contribution in [3.63, 3.8) is 0 Å². The zero-order chi connectivity index (χ0) is 13.9. The van der Waals surface area contributed by atoms with Crippen LogP contribution in [0.3, 0.4) is 0 Å². The predicted molar refractivity (Wildman–Crippen MR) is 75.1 cm³/mol. The molecule has 0 aliphatic heterocycles. The first-order valence-corrected chi connectivity index (χ1v) is 6.42. The van der Waals surface area contributed by atoms with Crippen LogP contribution >= 0.6 is 0 Å². The Balaban J connectivity index is 2.13.